The molecule has 1 unspecified atom stereocenters. The Hall–Kier alpha value is -2.93. The van der Waals surface area contributed by atoms with E-state index < -0.39 is 12.9 Å². The van der Waals surface area contributed by atoms with Gasteiger partial charge in [-0.15, -0.1) is 0 Å². The highest BCUT2D eigenvalue weighted by atomic mass is 19.3. The highest BCUT2D eigenvalue weighted by molar-refractivity contribution is 5.63. The van der Waals surface area contributed by atoms with Crippen molar-refractivity contribution in [3.8, 4) is 22.8 Å². The van der Waals surface area contributed by atoms with Crippen LogP contribution in [0.1, 0.15) is 24.0 Å². The number of hydrogen-bond donors (Lipinski definition) is 0. The smallest absolute Gasteiger partial charge is 0.387 e. The summed E-state index contributed by atoms with van der Waals surface area (Å²) in [6, 6.07) is 14.9. The van der Waals surface area contributed by atoms with Crippen molar-refractivity contribution in [1.29, 1.82) is 0 Å². The van der Waals surface area contributed by atoms with Crippen LogP contribution in [0.5, 0.6) is 11.5 Å². The van der Waals surface area contributed by atoms with Gasteiger partial charge in [0.25, 0.3) is 0 Å². The molecule has 7 heteroatoms. The lowest BCUT2D eigenvalue weighted by molar-refractivity contribution is -0.0632. The summed E-state index contributed by atoms with van der Waals surface area (Å²) in [5, 5.41) is 4.62. The summed E-state index contributed by atoms with van der Waals surface area (Å²) in [4.78, 5) is 0. The van der Waals surface area contributed by atoms with Gasteiger partial charge in [0.1, 0.15) is 0 Å². The Kier molecular flexibility index (Phi) is 5.76. The van der Waals surface area contributed by atoms with E-state index in [-0.39, 0.29) is 11.5 Å². The van der Waals surface area contributed by atoms with E-state index in [4.69, 9.17) is 9.47 Å². The van der Waals surface area contributed by atoms with E-state index in [1.807, 2.05) is 29.1 Å². The Morgan fingerprint density at radius 2 is 2.03 bits per heavy atom. The van der Waals surface area contributed by atoms with Crippen LogP contribution in [-0.2, 0) is 11.3 Å². The lowest BCUT2D eigenvalue weighted by Gasteiger charge is -2.17. The van der Waals surface area contributed by atoms with Crippen molar-refractivity contribution >= 4 is 0 Å². The average molecular weight is 400 g/mol. The number of halogens is 2. The zero-order valence-corrected chi connectivity index (χ0v) is 16.1. The zero-order valence-electron chi connectivity index (χ0n) is 16.1. The van der Waals surface area contributed by atoms with Crippen LogP contribution in [-0.4, -0.2) is 29.3 Å². The van der Waals surface area contributed by atoms with Gasteiger partial charge in [-0.05, 0) is 48.7 Å². The van der Waals surface area contributed by atoms with Crippen molar-refractivity contribution in [2.75, 3.05) is 6.61 Å². The van der Waals surface area contributed by atoms with Gasteiger partial charge in [0, 0.05) is 18.2 Å². The first-order valence-electron chi connectivity index (χ1n) is 9.54. The van der Waals surface area contributed by atoms with E-state index in [1.54, 1.807) is 12.1 Å². The Morgan fingerprint density at radius 3 is 2.79 bits per heavy atom. The summed E-state index contributed by atoms with van der Waals surface area (Å²) in [5.74, 6) is 0.210. The Labute approximate surface area is 167 Å². The molecule has 1 atom stereocenters. The molecule has 3 aromatic rings. The van der Waals surface area contributed by atoms with Crippen LogP contribution in [0.15, 0.2) is 54.7 Å². The number of aryl methyl sites for hydroxylation is 1. The molecule has 0 saturated carbocycles. The van der Waals surface area contributed by atoms with Crippen LogP contribution in [0.4, 0.5) is 8.78 Å². The molecular weight excluding hydrogens is 378 g/mol. The summed E-state index contributed by atoms with van der Waals surface area (Å²) in [6.07, 6.45) is 3.03. The van der Waals surface area contributed by atoms with E-state index in [0.717, 1.165) is 17.7 Å². The highest BCUT2D eigenvalue weighted by Gasteiger charge is 2.21. The minimum absolute atomic E-state index is 0.0152. The summed E-state index contributed by atoms with van der Waals surface area (Å²) in [6.45, 7) is 0.383. The third-order valence-corrected chi connectivity index (χ3v) is 4.84. The third kappa shape index (κ3) is 4.74. The molecule has 0 amide bonds. The number of alkyl halides is 2. The Balaban J connectivity index is 1.57. The molecule has 29 heavy (non-hydrogen) atoms. The molecule has 4 rings (SSSR count). The monoisotopic (exact) mass is 400 g/mol. The van der Waals surface area contributed by atoms with Crippen LogP contribution < -0.4 is 9.47 Å². The second-order valence-corrected chi connectivity index (χ2v) is 6.93. The number of aromatic nitrogens is 2. The SMILES string of the molecule is Cc1ccccc1Cn1ccc(-c2ccc(OC(F)F)c(OC3CCCO3)c2)n1. The van der Waals surface area contributed by atoms with E-state index in [1.165, 1.54) is 17.2 Å². The standard InChI is InChI=1S/C22H22F2N2O3/c1-15-5-2-3-6-17(15)14-26-11-10-18(25-26)16-8-9-19(29-22(23)24)20(13-16)28-21-7-4-12-27-21/h2-3,5-6,8-11,13,21-22H,4,7,12,14H2,1H3. The fourth-order valence-electron chi connectivity index (χ4n) is 3.30. The summed E-state index contributed by atoms with van der Waals surface area (Å²) < 4.78 is 43.2. The molecule has 0 aliphatic carbocycles. The molecular formula is C22H22F2N2O3. The summed E-state index contributed by atoms with van der Waals surface area (Å²) >= 11 is 0. The lowest BCUT2D eigenvalue weighted by atomic mass is 10.1. The maximum Gasteiger partial charge on any atom is 0.387 e. The number of hydrogen-bond acceptors (Lipinski definition) is 4. The molecule has 0 radical (unpaired) electrons. The maximum absolute atomic E-state index is 12.8. The predicted molar refractivity (Wildman–Crippen MR) is 104 cm³/mol. The third-order valence-electron chi connectivity index (χ3n) is 4.84. The van der Waals surface area contributed by atoms with Gasteiger partial charge in [0.15, 0.2) is 17.8 Å². The van der Waals surface area contributed by atoms with Crippen molar-refractivity contribution in [2.45, 2.75) is 39.2 Å². The quantitative estimate of drug-likeness (QED) is 0.558. The minimum atomic E-state index is -2.93. The van der Waals surface area contributed by atoms with Crippen molar-refractivity contribution < 1.29 is 23.0 Å². The topological polar surface area (TPSA) is 45.5 Å². The molecule has 1 aliphatic heterocycles. The van der Waals surface area contributed by atoms with Gasteiger partial charge < -0.3 is 14.2 Å². The molecule has 5 nitrogen and oxygen atoms in total. The van der Waals surface area contributed by atoms with Crippen molar-refractivity contribution in [3.63, 3.8) is 0 Å². The van der Waals surface area contributed by atoms with Crippen LogP contribution in [0, 0.1) is 6.92 Å². The fourth-order valence-corrected chi connectivity index (χ4v) is 3.30. The van der Waals surface area contributed by atoms with Crippen LogP contribution in [0.2, 0.25) is 0 Å². The second kappa shape index (κ2) is 8.61. The number of rotatable bonds is 7. The number of ether oxygens (including phenoxy) is 3. The van der Waals surface area contributed by atoms with Gasteiger partial charge in [0.05, 0.1) is 18.8 Å². The number of nitrogens with zero attached hydrogens (tertiary/aromatic N) is 2. The zero-order chi connectivity index (χ0) is 20.2. The van der Waals surface area contributed by atoms with Gasteiger partial charge in [-0.25, -0.2) is 0 Å². The van der Waals surface area contributed by atoms with Gasteiger partial charge >= 0.3 is 6.61 Å². The van der Waals surface area contributed by atoms with Crippen molar-refractivity contribution in [1.82, 2.24) is 9.78 Å². The van der Waals surface area contributed by atoms with Gasteiger partial charge in [0.2, 0.25) is 0 Å². The lowest BCUT2D eigenvalue weighted by Crippen LogP contribution is -2.15. The van der Waals surface area contributed by atoms with Gasteiger partial charge in [-0.3, -0.25) is 4.68 Å². The molecule has 1 aliphatic rings. The minimum Gasteiger partial charge on any atom is -0.461 e. The first kappa shape index (κ1) is 19.4. The van der Waals surface area contributed by atoms with Gasteiger partial charge in [-0.2, -0.15) is 13.9 Å². The van der Waals surface area contributed by atoms with E-state index in [2.05, 4.69) is 28.9 Å². The molecule has 1 saturated heterocycles. The molecule has 0 spiro atoms. The first-order valence-corrected chi connectivity index (χ1v) is 9.54. The van der Waals surface area contributed by atoms with Crippen LogP contribution in [0.3, 0.4) is 0 Å². The van der Waals surface area contributed by atoms with Crippen LogP contribution in [0.25, 0.3) is 11.3 Å². The summed E-state index contributed by atoms with van der Waals surface area (Å²) in [5.41, 5.74) is 3.86. The maximum atomic E-state index is 12.8. The molecule has 1 fully saturated rings. The molecule has 1 aromatic heterocycles. The van der Waals surface area contributed by atoms with E-state index in [0.29, 0.717) is 19.6 Å². The molecule has 2 aromatic carbocycles. The van der Waals surface area contributed by atoms with Crippen molar-refractivity contribution in [3.05, 3.63) is 65.9 Å². The fraction of sp³-hybridized carbons (Fsp3) is 0.318. The normalized spacial score (nSPS) is 16.3. The Morgan fingerprint density at radius 1 is 1.17 bits per heavy atom. The molecule has 0 N–H and O–H groups in total. The van der Waals surface area contributed by atoms with Crippen LogP contribution >= 0.6 is 0 Å². The number of benzene rings is 2. The summed E-state index contributed by atoms with van der Waals surface area (Å²) in [7, 11) is 0. The molecule has 152 valence electrons. The Bertz CT molecular complexity index is 968. The predicted octanol–water partition coefficient (Wildman–Crippen LogP) is 5.02. The molecule has 2 heterocycles. The second-order valence-electron chi connectivity index (χ2n) is 6.93. The van der Waals surface area contributed by atoms with Gasteiger partial charge in [-0.1, -0.05) is 24.3 Å². The first-order chi connectivity index (χ1) is 14.1. The van der Waals surface area contributed by atoms with E-state index >= 15 is 0 Å². The van der Waals surface area contributed by atoms with Crippen molar-refractivity contribution in [2.24, 2.45) is 0 Å². The largest absolute Gasteiger partial charge is 0.461 e. The average Bonchev–Trinajstić information content (AvgIpc) is 3.37. The highest BCUT2D eigenvalue weighted by Crippen LogP contribution is 2.35. The molecule has 0 bridgehead atoms. The van der Waals surface area contributed by atoms with E-state index in [9.17, 15) is 8.78 Å².